The standard InChI is InChI=1S/C12H12N2O2/c1-7-4-5-9-10(8(7)3-2-6-13)11(15)12(16)14-9/h2-5H,6,13H2,1H3,(H,14,15,16). The number of Topliss-reactive ketones (excluding diaryl/α,β-unsaturated/α-hetero) is 1. The number of nitrogens with one attached hydrogen (secondary N) is 1. The van der Waals surface area contributed by atoms with Gasteiger partial charge in [-0.2, -0.15) is 0 Å². The fourth-order valence-corrected chi connectivity index (χ4v) is 1.77. The molecule has 16 heavy (non-hydrogen) atoms. The van der Waals surface area contributed by atoms with Crippen LogP contribution >= 0.6 is 0 Å². The number of carbonyl (C=O) groups is 2. The van der Waals surface area contributed by atoms with E-state index in [2.05, 4.69) is 5.32 Å². The number of amides is 1. The van der Waals surface area contributed by atoms with E-state index in [1.165, 1.54) is 0 Å². The smallest absolute Gasteiger partial charge is 0.296 e. The van der Waals surface area contributed by atoms with Crippen LogP contribution in [0.5, 0.6) is 0 Å². The molecule has 1 heterocycles. The van der Waals surface area contributed by atoms with Gasteiger partial charge >= 0.3 is 0 Å². The van der Waals surface area contributed by atoms with E-state index in [0.717, 1.165) is 11.1 Å². The van der Waals surface area contributed by atoms with E-state index < -0.39 is 11.7 Å². The van der Waals surface area contributed by atoms with Gasteiger partial charge in [0.15, 0.2) is 0 Å². The first-order chi connectivity index (χ1) is 7.65. The fraction of sp³-hybridized carbons (Fsp3) is 0.167. The van der Waals surface area contributed by atoms with Gasteiger partial charge in [0, 0.05) is 6.54 Å². The van der Waals surface area contributed by atoms with Crippen LogP contribution in [0.2, 0.25) is 0 Å². The average molecular weight is 216 g/mol. The molecule has 0 aliphatic carbocycles. The topological polar surface area (TPSA) is 72.2 Å². The molecular formula is C12H12N2O2. The molecule has 1 amide bonds. The Labute approximate surface area is 93.1 Å². The molecule has 0 saturated heterocycles. The Bertz CT molecular complexity index is 504. The lowest BCUT2D eigenvalue weighted by molar-refractivity contribution is -0.112. The minimum atomic E-state index is -0.567. The summed E-state index contributed by atoms with van der Waals surface area (Å²) >= 11 is 0. The van der Waals surface area contributed by atoms with Crippen LogP contribution in [-0.2, 0) is 4.79 Å². The molecule has 0 spiro atoms. The van der Waals surface area contributed by atoms with Gasteiger partial charge < -0.3 is 11.1 Å². The number of rotatable bonds is 2. The highest BCUT2D eigenvalue weighted by atomic mass is 16.2. The van der Waals surface area contributed by atoms with E-state index in [1.807, 2.05) is 13.0 Å². The van der Waals surface area contributed by atoms with Gasteiger partial charge in [-0.3, -0.25) is 9.59 Å². The van der Waals surface area contributed by atoms with Gasteiger partial charge in [0.05, 0.1) is 11.3 Å². The summed E-state index contributed by atoms with van der Waals surface area (Å²) in [5, 5.41) is 2.54. The number of hydrogen-bond donors (Lipinski definition) is 2. The summed E-state index contributed by atoms with van der Waals surface area (Å²) in [4.78, 5) is 22.9. The van der Waals surface area contributed by atoms with Crippen LogP contribution in [0.3, 0.4) is 0 Å². The van der Waals surface area contributed by atoms with E-state index in [4.69, 9.17) is 5.73 Å². The van der Waals surface area contributed by atoms with E-state index in [1.54, 1.807) is 18.2 Å². The predicted octanol–water partition coefficient (Wildman–Crippen LogP) is 1.10. The number of carbonyl (C=O) groups excluding carboxylic acids is 2. The Hall–Kier alpha value is -1.94. The van der Waals surface area contributed by atoms with E-state index in [-0.39, 0.29) is 0 Å². The van der Waals surface area contributed by atoms with Crippen molar-refractivity contribution in [3.8, 4) is 0 Å². The molecule has 1 aromatic rings. The maximum Gasteiger partial charge on any atom is 0.296 e. The van der Waals surface area contributed by atoms with Gasteiger partial charge in [0.25, 0.3) is 11.7 Å². The summed E-state index contributed by atoms with van der Waals surface area (Å²) < 4.78 is 0. The molecule has 0 atom stereocenters. The van der Waals surface area contributed by atoms with Crippen molar-refractivity contribution in [2.75, 3.05) is 11.9 Å². The normalized spacial score (nSPS) is 14.4. The summed E-state index contributed by atoms with van der Waals surface area (Å²) in [6.45, 7) is 2.30. The van der Waals surface area contributed by atoms with Crippen LogP contribution in [0.4, 0.5) is 5.69 Å². The van der Waals surface area contributed by atoms with Gasteiger partial charge in [-0.25, -0.2) is 0 Å². The summed E-state index contributed by atoms with van der Waals surface area (Å²) in [5.74, 6) is -1.04. The molecule has 0 radical (unpaired) electrons. The van der Waals surface area contributed by atoms with Crippen molar-refractivity contribution in [1.29, 1.82) is 0 Å². The number of benzene rings is 1. The lowest BCUT2D eigenvalue weighted by atomic mass is 9.98. The number of anilines is 1. The third-order valence-corrected chi connectivity index (χ3v) is 2.57. The van der Waals surface area contributed by atoms with Crippen molar-refractivity contribution < 1.29 is 9.59 Å². The first kappa shape index (κ1) is 10.6. The van der Waals surface area contributed by atoms with Crippen molar-refractivity contribution in [3.05, 3.63) is 34.9 Å². The first-order valence-corrected chi connectivity index (χ1v) is 5.01. The Morgan fingerprint density at radius 2 is 2.12 bits per heavy atom. The predicted molar refractivity (Wildman–Crippen MR) is 62.2 cm³/mol. The molecule has 1 aliphatic rings. The second-order valence-corrected chi connectivity index (χ2v) is 3.64. The molecule has 0 bridgehead atoms. The molecule has 0 unspecified atom stereocenters. The van der Waals surface area contributed by atoms with Crippen molar-refractivity contribution in [3.63, 3.8) is 0 Å². The molecule has 0 aromatic heterocycles. The Morgan fingerprint density at radius 1 is 1.38 bits per heavy atom. The minimum Gasteiger partial charge on any atom is -0.327 e. The molecule has 4 nitrogen and oxygen atoms in total. The van der Waals surface area contributed by atoms with E-state index >= 15 is 0 Å². The zero-order valence-electron chi connectivity index (χ0n) is 8.91. The molecule has 0 fully saturated rings. The van der Waals surface area contributed by atoms with E-state index in [9.17, 15) is 9.59 Å². The fourth-order valence-electron chi connectivity index (χ4n) is 1.77. The van der Waals surface area contributed by atoms with Gasteiger partial charge in [0.1, 0.15) is 0 Å². The highest BCUT2D eigenvalue weighted by Crippen LogP contribution is 2.29. The minimum absolute atomic E-state index is 0.401. The maximum atomic E-state index is 11.7. The van der Waals surface area contributed by atoms with E-state index in [0.29, 0.717) is 17.8 Å². The molecule has 2 rings (SSSR count). The zero-order valence-corrected chi connectivity index (χ0v) is 8.91. The first-order valence-electron chi connectivity index (χ1n) is 5.01. The number of nitrogens with two attached hydrogens (primary N) is 1. The third kappa shape index (κ3) is 1.53. The van der Waals surface area contributed by atoms with Crippen LogP contribution in [0.1, 0.15) is 21.5 Å². The van der Waals surface area contributed by atoms with Crippen molar-refractivity contribution in [1.82, 2.24) is 0 Å². The average Bonchev–Trinajstić information content (AvgIpc) is 2.55. The van der Waals surface area contributed by atoms with Gasteiger partial charge in [-0.1, -0.05) is 18.2 Å². The van der Waals surface area contributed by atoms with Gasteiger partial charge in [-0.05, 0) is 24.1 Å². The molecule has 82 valence electrons. The Balaban J connectivity index is 2.61. The van der Waals surface area contributed by atoms with Gasteiger partial charge in [-0.15, -0.1) is 0 Å². The quantitative estimate of drug-likeness (QED) is 0.727. The second kappa shape index (κ2) is 3.90. The summed E-state index contributed by atoms with van der Waals surface area (Å²) in [7, 11) is 0. The summed E-state index contributed by atoms with van der Waals surface area (Å²) in [6.07, 6.45) is 3.55. The maximum absolute atomic E-state index is 11.7. The largest absolute Gasteiger partial charge is 0.327 e. The molecule has 1 aromatic carbocycles. The molecular weight excluding hydrogens is 204 g/mol. The van der Waals surface area contributed by atoms with Gasteiger partial charge in [0.2, 0.25) is 0 Å². The van der Waals surface area contributed by atoms with Crippen LogP contribution in [0, 0.1) is 6.92 Å². The number of hydrogen-bond acceptors (Lipinski definition) is 3. The lowest BCUT2D eigenvalue weighted by Gasteiger charge is -2.05. The number of fused-ring (bicyclic) bond motifs is 1. The van der Waals surface area contributed by atoms with Crippen LogP contribution in [-0.4, -0.2) is 18.2 Å². The zero-order chi connectivity index (χ0) is 11.7. The second-order valence-electron chi connectivity index (χ2n) is 3.64. The Kier molecular flexibility index (Phi) is 2.58. The number of ketones is 1. The van der Waals surface area contributed by atoms with Crippen LogP contribution in [0.25, 0.3) is 6.08 Å². The molecule has 4 heteroatoms. The highest BCUT2D eigenvalue weighted by Gasteiger charge is 2.30. The summed E-state index contributed by atoms with van der Waals surface area (Å²) in [6, 6.07) is 3.61. The van der Waals surface area contributed by atoms with Crippen LogP contribution < -0.4 is 11.1 Å². The Morgan fingerprint density at radius 3 is 2.81 bits per heavy atom. The third-order valence-electron chi connectivity index (χ3n) is 2.57. The van der Waals surface area contributed by atoms with Crippen LogP contribution in [0.15, 0.2) is 18.2 Å². The highest BCUT2D eigenvalue weighted by molar-refractivity contribution is 6.52. The molecule has 1 aliphatic heterocycles. The molecule has 3 N–H and O–H groups in total. The lowest BCUT2D eigenvalue weighted by Crippen LogP contribution is -2.13. The monoisotopic (exact) mass is 216 g/mol. The SMILES string of the molecule is Cc1ccc2c(c1C=CCN)C(=O)C(=O)N2. The van der Waals surface area contributed by atoms with Crippen molar-refractivity contribution in [2.45, 2.75) is 6.92 Å². The van der Waals surface area contributed by atoms with Crippen molar-refractivity contribution >= 4 is 23.5 Å². The van der Waals surface area contributed by atoms with Crippen molar-refractivity contribution in [2.24, 2.45) is 5.73 Å². The summed E-state index contributed by atoms with van der Waals surface area (Å²) in [5.41, 5.74) is 8.14. The number of aryl methyl sites for hydroxylation is 1. The molecule has 0 saturated carbocycles.